The molecule has 4 N–H and O–H groups in total. The molecule has 2 atom stereocenters. The lowest BCUT2D eigenvalue weighted by atomic mass is 10.1. The zero-order chi connectivity index (χ0) is 13.1. The van der Waals surface area contributed by atoms with Crippen LogP contribution < -0.4 is 11.1 Å². The van der Waals surface area contributed by atoms with Crippen molar-refractivity contribution in [2.75, 3.05) is 5.73 Å². The Morgan fingerprint density at radius 2 is 2.33 bits per heavy atom. The van der Waals surface area contributed by atoms with Gasteiger partial charge in [0.2, 0.25) is 5.91 Å². The standard InChI is InChI=1S/C13H18N2O3/c1-8-2-5-12(18-8)13(17)15-7-9-6-10(14)3-4-11(9)16/h3-4,6,8,12,16H,2,5,7,14H2,1H3,(H,15,17). The number of benzene rings is 1. The summed E-state index contributed by atoms with van der Waals surface area (Å²) in [6, 6.07) is 4.78. The highest BCUT2D eigenvalue weighted by Gasteiger charge is 2.27. The number of hydrogen-bond acceptors (Lipinski definition) is 4. The van der Waals surface area contributed by atoms with E-state index in [1.165, 1.54) is 6.07 Å². The smallest absolute Gasteiger partial charge is 0.249 e. The first kappa shape index (κ1) is 12.7. The van der Waals surface area contributed by atoms with Gasteiger partial charge >= 0.3 is 0 Å². The number of rotatable bonds is 3. The maximum atomic E-state index is 11.8. The van der Waals surface area contributed by atoms with Crippen LogP contribution in [-0.2, 0) is 16.1 Å². The lowest BCUT2D eigenvalue weighted by molar-refractivity contribution is -0.131. The molecule has 0 saturated carbocycles. The molecule has 1 aliphatic heterocycles. The van der Waals surface area contributed by atoms with Crippen LogP contribution in [-0.4, -0.2) is 23.2 Å². The molecule has 1 aliphatic rings. The van der Waals surface area contributed by atoms with Gasteiger partial charge in [-0.25, -0.2) is 0 Å². The average molecular weight is 250 g/mol. The Morgan fingerprint density at radius 3 is 3.00 bits per heavy atom. The normalized spacial score (nSPS) is 22.9. The molecular weight excluding hydrogens is 232 g/mol. The molecule has 0 bridgehead atoms. The molecule has 1 aromatic rings. The Hall–Kier alpha value is -1.75. The second kappa shape index (κ2) is 5.27. The highest BCUT2D eigenvalue weighted by atomic mass is 16.5. The summed E-state index contributed by atoms with van der Waals surface area (Å²) in [5, 5.41) is 12.4. The predicted octanol–water partition coefficient (Wildman–Crippen LogP) is 1.16. The SMILES string of the molecule is CC1CCC(C(=O)NCc2cc(N)ccc2O)O1. The minimum atomic E-state index is -0.372. The fourth-order valence-corrected chi connectivity index (χ4v) is 2.04. The first-order valence-electron chi connectivity index (χ1n) is 6.07. The summed E-state index contributed by atoms with van der Waals surface area (Å²) in [4.78, 5) is 11.8. The topological polar surface area (TPSA) is 84.6 Å². The molecule has 1 saturated heterocycles. The Balaban J connectivity index is 1.91. The molecule has 0 aliphatic carbocycles. The third kappa shape index (κ3) is 2.92. The molecule has 5 nitrogen and oxygen atoms in total. The van der Waals surface area contributed by atoms with E-state index in [-0.39, 0.29) is 30.4 Å². The molecule has 1 heterocycles. The van der Waals surface area contributed by atoms with Gasteiger partial charge in [0, 0.05) is 17.8 Å². The molecule has 18 heavy (non-hydrogen) atoms. The number of phenols is 1. The maximum Gasteiger partial charge on any atom is 0.249 e. The minimum Gasteiger partial charge on any atom is -0.508 e. The Labute approximate surface area is 106 Å². The van der Waals surface area contributed by atoms with E-state index in [1.807, 2.05) is 6.92 Å². The number of carbonyl (C=O) groups excluding carboxylic acids is 1. The van der Waals surface area contributed by atoms with Gasteiger partial charge in [0.1, 0.15) is 11.9 Å². The summed E-state index contributed by atoms with van der Waals surface area (Å²) >= 11 is 0. The van der Waals surface area contributed by atoms with Crippen LogP contribution >= 0.6 is 0 Å². The van der Waals surface area contributed by atoms with Crippen molar-refractivity contribution in [1.29, 1.82) is 0 Å². The van der Waals surface area contributed by atoms with Crippen LogP contribution in [0.25, 0.3) is 0 Å². The van der Waals surface area contributed by atoms with E-state index in [1.54, 1.807) is 12.1 Å². The molecule has 0 radical (unpaired) electrons. The monoisotopic (exact) mass is 250 g/mol. The van der Waals surface area contributed by atoms with Crippen molar-refractivity contribution in [1.82, 2.24) is 5.32 Å². The molecule has 0 spiro atoms. The number of carbonyl (C=O) groups is 1. The van der Waals surface area contributed by atoms with E-state index in [0.717, 1.165) is 12.8 Å². The number of nitrogens with one attached hydrogen (secondary N) is 1. The van der Waals surface area contributed by atoms with Crippen molar-refractivity contribution in [3.63, 3.8) is 0 Å². The van der Waals surface area contributed by atoms with Crippen molar-refractivity contribution in [3.8, 4) is 5.75 Å². The molecule has 98 valence electrons. The Morgan fingerprint density at radius 1 is 1.56 bits per heavy atom. The number of amides is 1. The first-order valence-corrected chi connectivity index (χ1v) is 6.07. The molecule has 2 rings (SSSR count). The van der Waals surface area contributed by atoms with Gasteiger partial charge in [-0.1, -0.05) is 0 Å². The van der Waals surface area contributed by atoms with E-state index in [4.69, 9.17) is 10.5 Å². The lowest BCUT2D eigenvalue weighted by Crippen LogP contribution is -2.34. The molecule has 5 heteroatoms. The Kier molecular flexibility index (Phi) is 3.72. The number of hydrogen-bond donors (Lipinski definition) is 3. The highest BCUT2D eigenvalue weighted by Crippen LogP contribution is 2.21. The number of phenolic OH excluding ortho intramolecular Hbond substituents is 1. The molecule has 2 unspecified atom stereocenters. The van der Waals surface area contributed by atoms with Gasteiger partial charge in [-0.3, -0.25) is 4.79 Å². The van der Waals surface area contributed by atoms with Crippen molar-refractivity contribution in [2.45, 2.75) is 38.5 Å². The molecule has 1 amide bonds. The fourth-order valence-electron chi connectivity index (χ4n) is 2.04. The number of aromatic hydroxyl groups is 1. The lowest BCUT2D eigenvalue weighted by Gasteiger charge is -2.12. The predicted molar refractivity (Wildman–Crippen MR) is 67.9 cm³/mol. The minimum absolute atomic E-state index is 0.130. The highest BCUT2D eigenvalue weighted by molar-refractivity contribution is 5.81. The Bertz CT molecular complexity index is 448. The van der Waals surface area contributed by atoms with E-state index in [0.29, 0.717) is 11.3 Å². The summed E-state index contributed by atoms with van der Waals surface area (Å²) < 4.78 is 5.47. The second-order valence-corrected chi connectivity index (χ2v) is 4.62. The van der Waals surface area contributed by atoms with Crippen molar-refractivity contribution < 1.29 is 14.6 Å². The van der Waals surface area contributed by atoms with Crippen LogP contribution in [0.1, 0.15) is 25.3 Å². The number of ether oxygens (including phenoxy) is 1. The molecular formula is C13H18N2O3. The number of nitrogen functional groups attached to an aromatic ring is 1. The molecule has 1 aromatic carbocycles. The quantitative estimate of drug-likeness (QED) is 0.555. The van der Waals surface area contributed by atoms with E-state index in [2.05, 4.69) is 5.32 Å². The van der Waals surface area contributed by atoms with Crippen LogP contribution in [0.5, 0.6) is 5.75 Å². The summed E-state index contributed by atoms with van der Waals surface area (Å²) in [6.45, 7) is 2.21. The summed E-state index contributed by atoms with van der Waals surface area (Å²) in [5.74, 6) is -0.00798. The third-order valence-corrected chi connectivity index (χ3v) is 3.08. The van der Waals surface area contributed by atoms with Gasteiger partial charge in [-0.05, 0) is 38.0 Å². The van der Waals surface area contributed by atoms with Crippen molar-refractivity contribution in [3.05, 3.63) is 23.8 Å². The molecule has 1 fully saturated rings. The van der Waals surface area contributed by atoms with Gasteiger partial charge in [0.05, 0.1) is 6.10 Å². The van der Waals surface area contributed by atoms with E-state index < -0.39 is 0 Å². The van der Waals surface area contributed by atoms with Crippen LogP contribution in [0.3, 0.4) is 0 Å². The summed E-state index contributed by atoms with van der Waals surface area (Å²) in [6.07, 6.45) is 1.42. The first-order chi connectivity index (χ1) is 8.56. The van der Waals surface area contributed by atoms with E-state index >= 15 is 0 Å². The molecule has 0 aromatic heterocycles. The van der Waals surface area contributed by atoms with Crippen molar-refractivity contribution >= 4 is 11.6 Å². The van der Waals surface area contributed by atoms with Crippen LogP contribution in [0.2, 0.25) is 0 Å². The fraction of sp³-hybridized carbons (Fsp3) is 0.462. The van der Waals surface area contributed by atoms with Crippen molar-refractivity contribution in [2.24, 2.45) is 0 Å². The largest absolute Gasteiger partial charge is 0.508 e. The third-order valence-electron chi connectivity index (χ3n) is 3.08. The van der Waals surface area contributed by atoms with Gasteiger partial charge < -0.3 is 20.9 Å². The maximum absolute atomic E-state index is 11.8. The zero-order valence-corrected chi connectivity index (χ0v) is 10.3. The second-order valence-electron chi connectivity index (χ2n) is 4.62. The van der Waals surface area contributed by atoms with Crippen LogP contribution in [0.15, 0.2) is 18.2 Å². The van der Waals surface area contributed by atoms with Gasteiger partial charge in [-0.2, -0.15) is 0 Å². The zero-order valence-electron chi connectivity index (χ0n) is 10.3. The number of nitrogens with two attached hydrogens (primary N) is 1. The van der Waals surface area contributed by atoms with Gasteiger partial charge in [0.25, 0.3) is 0 Å². The summed E-state index contributed by atoms with van der Waals surface area (Å²) in [5.41, 5.74) is 6.79. The van der Waals surface area contributed by atoms with Gasteiger partial charge in [-0.15, -0.1) is 0 Å². The summed E-state index contributed by atoms with van der Waals surface area (Å²) in [7, 11) is 0. The average Bonchev–Trinajstić information content (AvgIpc) is 2.77. The van der Waals surface area contributed by atoms with E-state index in [9.17, 15) is 9.90 Å². The van der Waals surface area contributed by atoms with Gasteiger partial charge in [0.15, 0.2) is 0 Å². The van der Waals surface area contributed by atoms with Crippen LogP contribution in [0, 0.1) is 0 Å². The number of anilines is 1. The van der Waals surface area contributed by atoms with Crippen LogP contribution in [0.4, 0.5) is 5.69 Å².